The molecule has 0 spiro atoms. The molecule has 0 amide bonds. The monoisotopic (exact) mass is 250 g/mol. The van der Waals surface area contributed by atoms with Crippen molar-refractivity contribution in [1.82, 2.24) is 0 Å². The Bertz CT molecular complexity index is 434. The standard InChI is InChI=1S/C15H19FO2/c1-10-3-5-11(6-4-10)15(17)13-9-12(16)7-8-14(13)18-2/h7-11H,3-6H2,1-2H3. The Morgan fingerprint density at radius 2 is 1.94 bits per heavy atom. The van der Waals surface area contributed by atoms with E-state index in [1.165, 1.54) is 25.3 Å². The van der Waals surface area contributed by atoms with Gasteiger partial charge in [-0.05, 0) is 37.0 Å². The predicted octanol–water partition coefficient (Wildman–Crippen LogP) is 3.84. The van der Waals surface area contributed by atoms with E-state index in [0.717, 1.165) is 25.7 Å². The van der Waals surface area contributed by atoms with Crippen LogP contribution in [-0.2, 0) is 0 Å². The van der Waals surface area contributed by atoms with Crippen molar-refractivity contribution in [1.29, 1.82) is 0 Å². The first-order chi connectivity index (χ1) is 8.61. The molecule has 3 heteroatoms. The molecule has 0 unspecified atom stereocenters. The molecule has 1 aliphatic rings. The fraction of sp³-hybridized carbons (Fsp3) is 0.533. The first-order valence-electron chi connectivity index (χ1n) is 6.49. The maximum atomic E-state index is 13.3. The van der Waals surface area contributed by atoms with Gasteiger partial charge in [-0.1, -0.05) is 19.8 Å². The number of Topliss-reactive ketones (excluding diaryl/α,β-unsaturated/α-hetero) is 1. The van der Waals surface area contributed by atoms with E-state index in [1.54, 1.807) is 0 Å². The van der Waals surface area contributed by atoms with Crippen molar-refractivity contribution in [2.45, 2.75) is 32.6 Å². The van der Waals surface area contributed by atoms with Gasteiger partial charge in [0.05, 0.1) is 12.7 Å². The highest BCUT2D eigenvalue weighted by atomic mass is 19.1. The quantitative estimate of drug-likeness (QED) is 0.762. The maximum absolute atomic E-state index is 13.3. The van der Waals surface area contributed by atoms with Crippen molar-refractivity contribution in [3.8, 4) is 5.75 Å². The third kappa shape index (κ3) is 2.71. The van der Waals surface area contributed by atoms with Crippen LogP contribution in [-0.4, -0.2) is 12.9 Å². The number of benzene rings is 1. The zero-order chi connectivity index (χ0) is 13.1. The Labute approximate surface area is 107 Å². The molecule has 2 nitrogen and oxygen atoms in total. The minimum atomic E-state index is -0.386. The first-order valence-corrected chi connectivity index (χ1v) is 6.49. The third-order valence-corrected chi connectivity index (χ3v) is 3.81. The van der Waals surface area contributed by atoms with Crippen molar-refractivity contribution in [3.05, 3.63) is 29.6 Å². The van der Waals surface area contributed by atoms with Crippen molar-refractivity contribution in [3.63, 3.8) is 0 Å². The number of carbonyl (C=O) groups is 1. The van der Waals surface area contributed by atoms with Crippen LogP contribution in [0.15, 0.2) is 18.2 Å². The largest absolute Gasteiger partial charge is 0.496 e. The molecule has 0 aliphatic heterocycles. The van der Waals surface area contributed by atoms with E-state index in [-0.39, 0.29) is 17.5 Å². The highest BCUT2D eigenvalue weighted by Crippen LogP contribution is 2.33. The number of hydrogen-bond acceptors (Lipinski definition) is 2. The van der Waals surface area contributed by atoms with Crippen LogP contribution in [0.25, 0.3) is 0 Å². The smallest absolute Gasteiger partial charge is 0.169 e. The molecule has 18 heavy (non-hydrogen) atoms. The first kappa shape index (κ1) is 13.1. The molecule has 1 saturated carbocycles. The predicted molar refractivity (Wildman–Crippen MR) is 68.4 cm³/mol. The van der Waals surface area contributed by atoms with Gasteiger partial charge in [-0.3, -0.25) is 4.79 Å². The molecule has 0 saturated heterocycles. The molecule has 1 aliphatic carbocycles. The zero-order valence-electron chi connectivity index (χ0n) is 10.9. The number of carbonyl (C=O) groups excluding carboxylic acids is 1. The van der Waals surface area contributed by atoms with Crippen molar-refractivity contribution < 1.29 is 13.9 Å². The minimum Gasteiger partial charge on any atom is -0.496 e. The highest BCUT2D eigenvalue weighted by molar-refractivity contribution is 6.00. The lowest BCUT2D eigenvalue weighted by Crippen LogP contribution is -2.21. The van der Waals surface area contributed by atoms with E-state index in [4.69, 9.17) is 4.74 Å². The average Bonchev–Trinajstić information content (AvgIpc) is 2.39. The molecule has 0 aromatic heterocycles. The maximum Gasteiger partial charge on any atom is 0.169 e. The Kier molecular flexibility index (Phi) is 4.00. The number of ether oxygens (including phenoxy) is 1. The molecule has 0 bridgehead atoms. The molecule has 0 N–H and O–H groups in total. The van der Waals surface area contributed by atoms with Crippen LogP contribution in [0.5, 0.6) is 5.75 Å². The SMILES string of the molecule is COc1ccc(F)cc1C(=O)C1CCC(C)CC1. The van der Waals surface area contributed by atoms with E-state index in [9.17, 15) is 9.18 Å². The summed E-state index contributed by atoms with van der Waals surface area (Å²) in [4.78, 5) is 12.4. The van der Waals surface area contributed by atoms with E-state index in [1.807, 2.05) is 0 Å². The molecule has 0 heterocycles. The third-order valence-electron chi connectivity index (χ3n) is 3.81. The fourth-order valence-electron chi connectivity index (χ4n) is 2.61. The fourth-order valence-corrected chi connectivity index (χ4v) is 2.61. The average molecular weight is 250 g/mol. The van der Waals surface area contributed by atoms with Gasteiger partial charge in [0.1, 0.15) is 11.6 Å². The zero-order valence-corrected chi connectivity index (χ0v) is 10.9. The molecular formula is C15H19FO2. The van der Waals surface area contributed by atoms with Crippen LogP contribution in [0.2, 0.25) is 0 Å². The Hall–Kier alpha value is -1.38. The Balaban J connectivity index is 2.20. The molecule has 98 valence electrons. The molecular weight excluding hydrogens is 231 g/mol. The molecule has 2 rings (SSSR count). The van der Waals surface area contributed by atoms with E-state index < -0.39 is 0 Å². The van der Waals surface area contributed by atoms with Crippen molar-refractivity contribution in [2.24, 2.45) is 11.8 Å². The summed E-state index contributed by atoms with van der Waals surface area (Å²) in [6.07, 6.45) is 3.96. The van der Waals surface area contributed by atoms with E-state index in [0.29, 0.717) is 17.2 Å². The molecule has 1 fully saturated rings. The van der Waals surface area contributed by atoms with Gasteiger partial charge >= 0.3 is 0 Å². The summed E-state index contributed by atoms with van der Waals surface area (Å²) < 4.78 is 18.4. The molecule has 1 aromatic rings. The van der Waals surface area contributed by atoms with E-state index in [2.05, 4.69) is 6.92 Å². The molecule has 0 atom stereocenters. The summed E-state index contributed by atoms with van der Waals surface area (Å²) in [6.45, 7) is 2.21. The van der Waals surface area contributed by atoms with Gasteiger partial charge in [-0.2, -0.15) is 0 Å². The van der Waals surface area contributed by atoms with Gasteiger partial charge in [0.15, 0.2) is 5.78 Å². The molecule has 1 aromatic carbocycles. The lowest BCUT2D eigenvalue weighted by atomic mass is 9.79. The van der Waals surface area contributed by atoms with Crippen molar-refractivity contribution >= 4 is 5.78 Å². The lowest BCUT2D eigenvalue weighted by molar-refractivity contribution is 0.0872. The van der Waals surface area contributed by atoms with Crippen LogP contribution in [0.4, 0.5) is 4.39 Å². The topological polar surface area (TPSA) is 26.3 Å². The van der Waals surface area contributed by atoms with Crippen LogP contribution >= 0.6 is 0 Å². The Morgan fingerprint density at radius 1 is 1.28 bits per heavy atom. The van der Waals surface area contributed by atoms with E-state index >= 15 is 0 Å². The second-order valence-corrected chi connectivity index (χ2v) is 5.17. The number of rotatable bonds is 3. The summed E-state index contributed by atoms with van der Waals surface area (Å²) >= 11 is 0. The lowest BCUT2D eigenvalue weighted by Gasteiger charge is -2.25. The van der Waals surface area contributed by atoms with Gasteiger partial charge in [0.2, 0.25) is 0 Å². The van der Waals surface area contributed by atoms with Crippen LogP contribution < -0.4 is 4.74 Å². The summed E-state index contributed by atoms with van der Waals surface area (Å²) in [6, 6.07) is 4.13. The van der Waals surface area contributed by atoms with Gasteiger partial charge in [0.25, 0.3) is 0 Å². The van der Waals surface area contributed by atoms with Crippen LogP contribution in [0.3, 0.4) is 0 Å². The minimum absolute atomic E-state index is 0.0249. The Morgan fingerprint density at radius 3 is 2.56 bits per heavy atom. The van der Waals surface area contributed by atoms with Gasteiger partial charge in [-0.15, -0.1) is 0 Å². The summed E-state index contributed by atoms with van der Waals surface area (Å²) in [7, 11) is 1.51. The summed E-state index contributed by atoms with van der Waals surface area (Å²) in [5.41, 5.74) is 0.386. The van der Waals surface area contributed by atoms with Crippen molar-refractivity contribution in [2.75, 3.05) is 7.11 Å². The van der Waals surface area contributed by atoms with Crippen LogP contribution in [0, 0.1) is 17.7 Å². The second-order valence-electron chi connectivity index (χ2n) is 5.17. The number of ketones is 1. The van der Waals surface area contributed by atoms with Gasteiger partial charge in [0, 0.05) is 5.92 Å². The summed E-state index contributed by atoms with van der Waals surface area (Å²) in [5, 5.41) is 0. The van der Waals surface area contributed by atoms with Gasteiger partial charge < -0.3 is 4.74 Å². The number of hydrogen-bond donors (Lipinski definition) is 0. The second kappa shape index (κ2) is 5.51. The number of methoxy groups -OCH3 is 1. The number of halogens is 1. The summed E-state index contributed by atoms with van der Waals surface area (Å²) in [5.74, 6) is 0.835. The normalized spacial score (nSPS) is 23.7. The highest BCUT2D eigenvalue weighted by Gasteiger charge is 2.27. The van der Waals surface area contributed by atoms with Gasteiger partial charge in [-0.25, -0.2) is 4.39 Å². The van der Waals surface area contributed by atoms with Crippen LogP contribution in [0.1, 0.15) is 43.0 Å². The molecule has 0 radical (unpaired) electrons.